The minimum Gasteiger partial charge on any atom is -0.497 e. The topological polar surface area (TPSA) is 75.2 Å². The summed E-state index contributed by atoms with van der Waals surface area (Å²) in [5.74, 6) is 1.50. The molecule has 3 aromatic rings. The SMILES string of the molecule is COc1ccc(-c2n[nH]c(=S)n2CCC(=O)NCCCN(C)Cc2ccccc2)cc1. The number of hydrogen-bond acceptors (Lipinski definition) is 5. The smallest absolute Gasteiger partial charge is 0.221 e. The first kappa shape index (κ1) is 22.7. The molecule has 0 atom stereocenters. The zero-order valence-electron chi connectivity index (χ0n) is 18.0. The van der Waals surface area contributed by atoms with Gasteiger partial charge in [0.2, 0.25) is 5.91 Å². The van der Waals surface area contributed by atoms with Crippen LogP contribution in [0.3, 0.4) is 0 Å². The van der Waals surface area contributed by atoms with E-state index in [0.29, 0.717) is 30.1 Å². The normalized spacial score (nSPS) is 10.9. The first-order valence-corrected chi connectivity index (χ1v) is 10.8. The van der Waals surface area contributed by atoms with E-state index < -0.39 is 0 Å². The Morgan fingerprint density at radius 1 is 1.19 bits per heavy atom. The predicted molar refractivity (Wildman–Crippen MR) is 124 cm³/mol. The van der Waals surface area contributed by atoms with Crippen LogP contribution >= 0.6 is 12.2 Å². The third-order valence-corrected chi connectivity index (χ3v) is 5.31. The van der Waals surface area contributed by atoms with Gasteiger partial charge in [-0.05, 0) is 62.1 Å². The van der Waals surface area contributed by atoms with Gasteiger partial charge in [0.15, 0.2) is 10.6 Å². The fraction of sp³-hybridized carbons (Fsp3) is 0.348. The van der Waals surface area contributed by atoms with E-state index in [2.05, 4.69) is 51.7 Å². The van der Waals surface area contributed by atoms with Crippen LogP contribution in [0.25, 0.3) is 11.4 Å². The van der Waals surface area contributed by atoms with E-state index in [4.69, 9.17) is 17.0 Å². The lowest BCUT2D eigenvalue weighted by Gasteiger charge is -2.16. The third-order valence-electron chi connectivity index (χ3n) is 5.00. The molecule has 0 bridgehead atoms. The monoisotopic (exact) mass is 439 g/mol. The molecule has 0 unspecified atom stereocenters. The fourth-order valence-electron chi connectivity index (χ4n) is 3.34. The van der Waals surface area contributed by atoms with Crippen molar-refractivity contribution < 1.29 is 9.53 Å². The van der Waals surface area contributed by atoms with Crippen molar-refractivity contribution in [2.24, 2.45) is 0 Å². The summed E-state index contributed by atoms with van der Waals surface area (Å²) in [4.78, 5) is 14.6. The number of aromatic nitrogens is 3. The number of hydrogen-bond donors (Lipinski definition) is 2. The molecule has 0 aliphatic carbocycles. The van der Waals surface area contributed by atoms with Crippen molar-refractivity contribution in [3.05, 3.63) is 64.9 Å². The zero-order chi connectivity index (χ0) is 22.1. The molecule has 31 heavy (non-hydrogen) atoms. The van der Waals surface area contributed by atoms with Crippen molar-refractivity contribution in [2.45, 2.75) is 25.9 Å². The van der Waals surface area contributed by atoms with Gasteiger partial charge in [-0.2, -0.15) is 5.10 Å². The van der Waals surface area contributed by atoms with Gasteiger partial charge in [-0.3, -0.25) is 14.5 Å². The second-order valence-electron chi connectivity index (χ2n) is 7.41. The van der Waals surface area contributed by atoms with E-state index in [0.717, 1.165) is 30.8 Å². The number of ether oxygens (including phenoxy) is 1. The summed E-state index contributed by atoms with van der Waals surface area (Å²) in [6, 6.07) is 18.0. The summed E-state index contributed by atoms with van der Waals surface area (Å²) in [5, 5.41) is 10.1. The van der Waals surface area contributed by atoms with E-state index in [1.165, 1.54) is 5.56 Å². The molecule has 7 nitrogen and oxygen atoms in total. The van der Waals surface area contributed by atoms with Crippen LogP contribution in [0.2, 0.25) is 0 Å². The quantitative estimate of drug-likeness (QED) is 0.352. The molecule has 0 radical (unpaired) electrons. The number of carbonyl (C=O) groups excluding carboxylic acids is 1. The van der Waals surface area contributed by atoms with Crippen LogP contribution in [0.15, 0.2) is 54.6 Å². The second-order valence-corrected chi connectivity index (χ2v) is 7.80. The average molecular weight is 440 g/mol. The zero-order valence-corrected chi connectivity index (χ0v) is 18.8. The Bertz CT molecular complexity index is 1010. The van der Waals surface area contributed by atoms with Crippen molar-refractivity contribution >= 4 is 18.1 Å². The van der Waals surface area contributed by atoms with Gasteiger partial charge < -0.3 is 15.0 Å². The maximum Gasteiger partial charge on any atom is 0.221 e. The molecule has 164 valence electrons. The number of rotatable bonds is 11. The number of nitrogens with zero attached hydrogens (tertiary/aromatic N) is 3. The maximum absolute atomic E-state index is 12.3. The Hall–Kier alpha value is -2.97. The number of methoxy groups -OCH3 is 1. The van der Waals surface area contributed by atoms with Crippen molar-refractivity contribution in [3.63, 3.8) is 0 Å². The molecule has 1 amide bonds. The summed E-state index contributed by atoms with van der Waals surface area (Å²) in [5.41, 5.74) is 2.20. The predicted octanol–water partition coefficient (Wildman–Crippen LogP) is 3.64. The van der Waals surface area contributed by atoms with Crippen molar-refractivity contribution in [2.75, 3.05) is 27.2 Å². The Labute approximate surface area is 188 Å². The second kappa shape index (κ2) is 11.4. The number of aromatic amines is 1. The number of benzene rings is 2. The molecule has 0 aliphatic rings. The van der Waals surface area contributed by atoms with E-state index in [-0.39, 0.29) is 5.91 Å². The van der Waals surface area contributed by atoms with Gasteiger partial charge in [0, 0.05) is 31.6 Å². The van der Waals surface area contributed by atoms with Gasteiger partial charge in [0.25, 0.3) is 0 Å². The summed E-state index contributed by atoms with van der Waals surface area (Å²) in [6.45, 7) is 2.95. The summed E-state index contributed by atoms with van der Waals surface area (Å²) in [7, 11) is 3.72. The van der Waals surface area contributed by atoms with Gasteiger partial charge in [-0.15, -0.1) is 0 Å². The standard InChI is InChI=1S/C23H29N5O2S/c1-27(17-18-7-4-3-5-8-18)15-6-14-24-21(29)13-16-28-22(25-26-23(28)31)19-9-11-20(30-2)12-10-19/h3-5,7-12H,6,13-17H2,1-2H3,(H,24,29)(H,26,31). The minimum absolute atomic E-state index is 0.00879. The third kappa shape index (κ3) is 6.77. The lowest BCUT2D eigenvalue weighted by atomic mass is 10.2. The van der Waals surface area contributed by atoms with Gasteiger partial charge in [-0.1, -0.05) is 30.3 Å². The number of H-pyrrole nitrogens is 1. The summed E-state index contributed by atoms with van der Waals surface area (Å²) >= 11 is 5.34. The van der Waals surface area contributed by atoms with Crippen molar-refractivity contribution in [1.82, 2.24) is 25.0 Å². The molecule has 2 aromatic carbocycles. The van der Waals surface area contributed by atoms with E-state index in [1.807, 2.05) is 34.9 Å². The molecule has 1 heterocycles. The maximum atomic E-state index is 12.3. The highest BCUT2D eigenvalue weighted by Gasteiger charge is 2.11. The average Bonchev–Trinajstić information content (AvgIpc) is 3.16. The Kier molecular flexibility index (Phi) is 8.37. The Morgan fingerprint density at radius 3 is 2.65 bits per heavy atom. The molecule has 0 fully saturated rings. The largest absolute Gasteiger partial charge is 0.497 e. The van der Waals surface area contributed by atoms with E-state index >= 15 is 0 Å². The molecule has 1 aromatic heterocycles. The highest BCUT2D eigenvalue weighted by Crippen LogP contribution is 2.21. The molecule has 0 aliphatic heterocycles. The van der Waals surface area contributed by atoms with Crippen LogP contribution < -0.4 is 10.1 Å². The van der Waals surface area contributed by atoms with Crippen LogP contribution in [0.1, 0.15) is 18.4 Å². The molecular weight excluding hydrogens is 410 g/mol. The van der Waals surface area contributed by atoms with Crippen molar-refractivity contribution in [3.8, 4) is 17.1 Å². The highest BCUT2D eigenvalue weighted by molar-refractivity contribution is 7.71. The lowest BCUT2D eigenvalue weighted by Crippen LogP contribution is -2.28. The van der Waals surface area contributed by atoms with E-state index in [1.54, 1.807) is 7.11 Å². The Morgan fingerprint density at radius 2 is 1.94 bits per heavy atom. The van der Waals surface area contributed by atoms with Gasteiger partial charge >= 0.3 is 0 Å². The minimum atomic E-state index is 0.00879. The highest BCUT2D eigenvalue weighted by atomic mass is 32.1. The molecule has 3 rings (SSSR count). The summed E-state index contributed by atoms with van der Waals surface area (Å²) < 4.78 is 7.55. The number of carbonyl (C=O) groups is 1. The van der Waals surface area contributed by atoms with Crippen LogP contribution in [-0.2, 0) is 17.9 Å². The summed E-state index contributed by atoms with van der Waals surface area (Å²) in [6.07, 6.45) is 1.24. The first-order chi connectivity index (χ1) is 15.1. The van der Waals surface area contributed by atoms with Crippen LogP contribution in [-0.4, -0.2) is 52.8 Å². The molecule has 0 saturated carbocycles. The first-order valence-electron chi connectivity index (χ1n) is 10.4. The molecule has 0 spiro atoms. The van der Waals surface area contributed by atoms with Gasteiger partial charge in [-0.25, -0.2) is 0 Å². The molecular formula is C23H29N5O2S. The number of nitrogens with one attached hydrogen (secondary N) is 2. The van der Waals surface area contributed by atoms with Gasteiger partial charge in [0.1, 0.15) is 5.75 Å². The van der Waals surface area contributed by atoms with Crippen LogP contribution in [0, 0.1) is 4.77 Å². The number of amides is 1. The van der Waals surface area contributed by atoms with Gasteiger partial charge in [0.05, 0.1) is 7.11 Å². The molecule has 2 N–H and O–H groups in total. The fourth-order valence-corrected chi connectivity index (χ4v) is 3.56. The van der Waals surface area contributed by atoms with Crippen molar-refractivity contribution in [1.29, 1.82) is 0 Å². The van der Waals surface area contributed by atoms with Crippen LogP contribution in [0.5, 0.6) is 5.75 Å². The Balaban J connectivity index is 1.42. The lowest BCUT2D eigenvalue weighted by molar-refractivity contribution is -0.121. The van der Waals surface area contributed by atoms with Crippen LogP contribution in [0.4, 0.5) is 0 Å². The molecule has 0 saturated heterocycles. The van der Waals surface area contributed by atoms with E-state index in [9.17, 15) is 4.79 Å². The molecule has 8 heteroatoms.